The van der Waals surface area contributed by atoms with Crippen LogP contribution in [-0.4, -0.2) is 44.4 Å². The van der Waals surface area contributed by atoms with Crippen molar-refractivity contribution in [1.82, 2.24) is 15.1 Å². The zero-order valence-electron chi connectivity index (χ0n) is 11.2. The van der Waals surface area contributed by atoms with Gasteiger partial charge in [-0.2, -0.15) is 0 Å². The standard InChI is InChI=1S/C13H10N4O3S2/c18-9(6-17-10(19)7-21-13(17)20)14-12-16-15-11(22-12)8-4-2-1-3-5-8/h1-5H,6-7H2,(H,14,16,18). The summed E-state index contributed by atoms with van der Waals surface area (Å²) in [5.74, 6) is -0.740. The van der Waals surface area contributed by atoms with E-state index in [4.69, 9.17) is 0 Å². The van der Waals surface area contributed by atoms with E-state index in [1.54, 1.807) is 0 Å². The fraction of sp³-hybridized carbons (Fsp3) is 0.154. The van der Waals surface area contributed by atoms with E-state index in [0.717, 1.165) is 22.2 Å². The van der Waals surface area contributed by atoms with Crippen LogP contribution in [0.15, 0.2) is 30.3 Å². The molecule has 0 atom stereocenters. The molecule has 2 aromatic rings. The number of benzene rings is 1. The average molecular weight is 334 g/mol. The molecule has 0 unspecified atom stereocenters. The molecule has 1 fully saturated rings. The van der Waals surface area contributed by atoms with E-state index in [1.807, 2.05) is 30.3 Å². The quantitative estimate of drug-likeness (QED) is 0.917. The number of anilines is 1. The predicted molar refractivity (Wildman–Crippen MR) is 83.5 cm³/mol. The number of carbonyl (C=O) groups is 3. The molecule has 3 rings (SSSR count). The molecule has 9 heteroatoms. The summed E-state index contributed by atoms with van der Waals surface area (Å²) in [6.45, 7) is -0.301. The van der Waals surface area contributed by atoms with Crippen LogP contribution >= 0.6 is 23.1 Å². The Morgan fingerprint density at radius 3 is 2.68 bits per heavy atom. The highest BCUT2D eigenvalue weighted by molar-refractivity contribution is 8.14. The highest BCUT2D eigenvalue weighted by Gasteiger charge is 2.31. The van der Waals surface area contributed by atoms with Crippen LogP contribution in [0.4, 0.5) is 9.93 Å². The molecular weight excluding hydrogens is 324 g/mol. The van der Waals surface area contributed by atoms with Gasteiger partial charge in [0.2, 0.25) is 16.9 Å². The zero-order valence-corrected chi connectivity index (χ0v) is 12.8. The Morgan fingerprint density at radius 1 is 1.23 bits per heavy atom. The number of rotatable bonds is 4. The molecule has 7 nitrogen and oxygen atoms in total. The summed E-state index contributed by atoms with van der Waals surface area (Å²) in [7, 11) is 0. The minimum atomic E-state index is -0.472. The van der Waals surface area contributed by atoms with Gasteiger partial charge in [0.1, 0.15) is 11.6 Å². The molecule has 112 valence electrons. The average Bonchev–Trinajstić information content (AvgIpc) is 3.10. The minimum Gasteiger partial charge on any atom is -0.299 e. The molecule has 1 N–H and O–H groups in total. The zero-order chi connectivity index (χ0) is 15.5. The Balaban J connectivity index is 1.64. The molecule has 0 aliphatic carbocycles. The van der Waals surface area contributed by atoms with Crippen LogP contribution in [0.2, 0.25) is 0 Å². The molecule has 0 saturated carbocycles. The second-order valence-electron chi connectivity index (χ2n) is 4.36. The van der Waals surface area contributed by atoms with Crippen LogP contribution in [0.3, 0.4) is 0 Å². The van der Waals surface area contributed by atoms with Gasteiger partial charge in [0.05, 0.1) is 5.75 Å². The largest absolute Gasteiger partial charge is 0.299 e. The molecule has 3 amide bonds. The lowest BCUT2D eigenvalue weighted by atomic mass is 10.2. The van der Waals surface area contributed by atoms with Gasteiger partial charge in [-0.1, -0.05) is 53.4 Å². The van der Waals surface area contributed by atoms with E-state index in [2.05, 4.69) is 15.5 Å². The van der Waals surface area contributed by atoms with Crippen molar-refractivity contribution in [1.29, 1.82) is 0 Å². The third-order valence-corrected chi connectivity index (χ3v) is 4.58. The van der Waals surface area contributed by atoms with Crippen molar-refractivity contribution >= 4 is 45.3 Å². The van der Waals surface area contributed by atoms with Crippen molar-refractivity contribution < 1.29 is 14.4 Å². The van der Waals surface area contributed by atoms with Gasteiger partial charge in [0.15, 0.2) is 0 Å². The summed E-state index contributed by atoms with van der Waals surface area (Å²) < 4.78 is 0. The maximum absolute atomic E-state index is 11.9. The van der Waals surface area contributed by atoms with Crippen molar-refractivity contribution in [2.24, 2.45) is 0 Å². The third-order valence-electron chi connectivity index (χ3n) is 2.83. The minimum absolute atomic E-state index is 0.0864. The molecule has 1 aromatic heterocycles. The first-order valence-corrected chi connectivity index (χ1v) is 8.09. The maximum Gasteiger partial charge on any atom is 0.289 e. The number of thioether (sulfide) groups is 1. The second-order valence-corrected chi connectivity index (χ2v) is 6.27. The SMILES string of the molecule is O=C(CN1C(=O)CSC1=O)Nc1nnc(-c2ccccc2)s1. The van der Waals surface area contributed by atoms with Gasteiger partial charge in [-0.15, -0.1) is 10.2 Å². The summed E-state index contributed by atoms with van der Waals surface area (Å²) in [4.78, 5) is 35.7. The van der Waals surface area contributed by atoms with Crippen molar-refractivity contribution in [3.05, 3.63) is 30.3 Å². The number of nitrogens with one attached hydrogen (secondary N) is 1. The lowest BCUT2D eigenvalue weighted by molar-refractivity contribution is -0.128. The first-order valence-electron chi connectivity index (χ1n) is 6.29. The monoisotopic (exact) mass is 334 g/mol. The molecule has 0 radical (unpaired) electrons. The van der Waals surface area contributed by atoms with E-state index in [9.17, 15) is 14.4 Å². The van der Waals surface area contributed by atoms with Gasteiger partial charge in [-0.3, -0.25) is 24.6 Å². The molecule has 1 aliphatic heterocycles. The number of nitrogens with zero attached hydrogens (tertiary/aromatic N) is 3. The van der Waals surface area contributed by atoms with Gasteiger partial charge in [0, 0.05) is 5.56 Å². The Morgan fingerprint density at radius 2 is 2.00 bits per heavy atom. The number of hydrogen-bond donors (Lipinski definition) is 1. The summed E-state index contributed by atoms with van der Waals surface area (Å²) >= 11 is 2.12. The number of aromatic nitrogens is 2. The molecule has 1 saturated heterocycles. The third kappa shape index (κ3) is 3.15. The van der Waals surface area contributed by atoms with Gasteiger partial charge in [-0.25, -0.2) is 0 Å². The topological polar surface area (TPSA) is 92.3 Å². The second kappa shape index (κ2) is 6.24. The van der Waals surface area contributed by atoms with Crippen LogP contribution in [0, 0.1) is 0 Å². The first-order chi connectivity index (χ1) is 10.6. The van der Waals surface area contributed by atoms with Crippen molar-refractivity contribution in [2.75, 3.05) is 17.6 Å². The summed E-state index contributed by atoms with van der Waals surface area (Å²) in [5, 5.41) is 11.1. The van der Waals surface area contributed by atoms with Crippen molar-refractivity contribution in [2.45, 2.75) is 0 Å². The Kier molecular flexibility index (Phi) is 4.16. The van der Waals surface area contributed by atoms with Crippen LogP contribution in [0.25, 0.3) is 10.6 Å². The molecule has 22 heavy (non-hydrogen) atoms. The highest BCUT2D eigenvalue weighted by Crippen LogP contribution is 2.26. The van der Waals surface area contributed by atoms with Gasteiger partial charge in [0.25, 0.3) is 5.24 Å². The van der Waals surface area contributed by atoms with Gasteiger partial charge < -0.3 is 0 Å². The van der Waals surface area contributed by atoms with Crippen LogP contribution in [-0.2, 0) is 9.59 Å². The van der Waals surface area contributed by atoms with Crippen LogP contribution in [0.1, 0.15) is 0 Å². The Bertz CT molecular complexity index is 716. The van der Waals surface area contributed by atoms with Crippen molar-refractivity contribution in [3.8, 4) is 10.6 Å². The number of imide groups is 1. The highest BCUT2D eigenvalue weighted by atomic mass is 32.2. The van der Waals surface area contributed by atoms with Crippen LogP contribution < -0.4 is 5.32 Å². The fourth-order valence-electron chi connectivity index (χ4n) is 1.81. The smallest absolute Gasteiger partial charge is 0.289 e. The number of hydrogen-bond acceptors (Lipinski definition) is 7. The van der Waals surface area contributed by atoms with E-state index in [0.29, 0.717) is 10.1 Å². The Labute approximate surface area is 133 Å². The molecule has 0 bridgehead atoms. The normalized spacial score (nSPS) is 14.5. The fourth-order valence-corrected chi connectivity index (χ4v) is 3.30. The molecular formula is C13H10N4O3S2. The summed E-state index contributed by atoms with van der Waals surface area (Å²) in [6.07, 6.45) is 0. The van der Waals surface area contributed by atoms with E-state index in [-0.39, 0.29) is 18.2 Å². The summed E-state index contributed by atoms with van der Waals surface area (Å²) in [5.41, 5.74) is 0.904. The Hall–Kier alpha value is -2.26. The van der Waals surface area contributed by atoms with Gasteiger partial charge >= 0.3 is 0 Å². The lowest BCUT2D eigenvalue weighted by Crippen LogP contribution is -2.36. The van der Waals surface area contributed by atoms with E-state index < -0.39 is 11.1 Å². The molecule has 1 aliphatic rings. The van der Waals surface area contributed by atoms with Crippen LogP contribution in [0.5, 0.6) is 0 Å². The van der Waals surface area contributed by atoms with Crippen molar-refractivity contribution in [3.63, 3.8) is 0 Å². The van der Waals surface area contributed by atoms with E-state index in [1.165, 1.54) is 11.3 Å². The summed E-state index contributed by atoms with van der Waals surface area (Å²) in [6, 6.07) is 9.46. The lowest BCUT2D eigenvalue weighted by Gasteiger charge is -2.10. The van der Waals surface area contributed by atoms with E-state index >= 15 is 0 Å². The van der Waals surface area contributed by atoms with Gasteiger partial charge in [-0.05, 0) is 0 Å². The molecule has 0 spiro atoms. The molecule has 2 heterocycles. The number of amides is 3. The molecule has 1 aromatic carbocycles. The first kappa shape index (κ1) is 14.7. The number of carbonyl (C=O) groups excluding carboxylic acids is 3. The predicted octanol–water partition coefficient (Wildman–Crippen LogP) is 1.84. The maximum atomic E-state index is 11.9.